The average Bonchev–Trinajstić information content (AvgIpc) is 2.55. The van der Waals surface area contributed by atoms with E-state index in [9.17, 15) is 0 Å². The van der Waals surface area contributed by atoms with Crippen molar-refractivity contribution >= 4 is 28.2 Å². The lowest BCUT2D eigenvalue weighted by molar-refractivity contribution is 0.809. The topological polar surface area (TPSA) is 51.8 Å². The van der Waals surface area contributed by atoms with E-state index in [1.807, 2.05) is 11.8 Å². The molecule has 1 aliphatic rings. The molecule has 0 spiro atoms. The molecule has 1 unspecified atom stereocenters. The molecule has 2 rings (SSSR count). The summed E-state index contributed by atoms with van der Waals surface area (Å²) < 4.78 is 0. The maximum Gasteiger partial charge on any atom is 0.203 e. The van der Waals surface area contributed by atoms with Crippen LogP contribution in [0.25, 0.3) is 0 Å². The summed E-state index contributed by atoms with van der Waals surface area (Å²) >= 11 is 3.48. The van der Waals surface area contributed by atoms with Crippen LogP contribution in [0.1, 0.15) is 23.1 Å². The second-order valence-electron chi connectivity index (χ2n) is 2.48. The summed E-state index contributed by atoms with van der Waals surface area (Å²) in [4.78, 5) is 0. The minimum Gasteiger partial charge on any atom is -0.374 e. The van der Waals surface area contributed by atoms with Gasteiger partial charge >= 0.3 is 0 Å². The molecule has 0 bridgehead atoms. The van der Waals surface area contributed by atoms with Gasteiger partial charge in [-0.3, -0.25) is 0 Å². The highest BCUT2D eigenvalue weighted by Crippen LogP contribution is 2.41. The molecule has 5 heteroatoms. The SMILES string of the molecule is Nc1nnc(C2CCCS2)s1. The molecule has 3 nitrogen and oxygen atoms in total. The molecular formula is C6H9N3S2. The van der Waals surface area contributed by atoms with Gasteiger partial charge in [0.1, 0.15) is 5.01 Å². The van der Waals surface area contributed by atoms with Gasteiger partial charge in [0.05, 0.1) is 5.25 Å². The number of hydrogen-bond acceptors (Lipinski definition) is 5. The highest BCUT2D eigenvalue weighted by molar-refractivity contribution is 7.99. The molecule has 0 saturated carbocycles. The predicted octanol–water partition coefficient (Wildman–Crippen LogP) is 1.69. The first-order valence-electron chi connectivity index (χ1n) is 3.57. The summed E-state index contributed by atoms with van der Waals surface area (Å²) in [6, 6.07) is 0. The summed E-state index contributed by atoms with van der Waals surface area (Å²) in [5.74, 6) is 1.25. The molecule has 0 aromatic carbocycles. The lowest BCUT2D eigenvalue weighted by Gasteiger charge is -1.99. The first-order valence-corrected chi connectivity index (χ1v) is 5.43. The van der Waals surface area contributed by atoms with Crippen molar-refractivity contribution in [3.05, 3.63) is 5.01 Å². The Bertz CT molecular complexity index is 242. The molecule has 1 aromatic heterocycles. The van der Waals surface area contributed by atoms with E-state index >= 15 is 0 Å². The Morgan fingerprint density at radius 2 is 2.36 bits per heavy atom. The molecule has 0 aliphatic carbocycles. The number of thioether (sulfide) groups is 1. The Morgan fingerprint density at radius 3 is 2.91 bits per heavy atom. The first kappa shape index (κ1) is 7.36. The van der Waals surface area contributed by atoms with Crippen LogP contribution in [0.5, 0.6) is 0 Å². The van der Waals surface area contributed by atoms with Crippen molar-refractivity contribution in [2.45, 2.75) is 18.1 Å². The van der Waals surface area contributed by atoms with Crippen LogP contribution in [0.2, 0.25) is 0 Å². The lowest BCUT2D eigenvalue weighted by atomic mass is 10.3. The Morgan fingerprint density at radius 1 is 1.45 bits per heavy atom. The van der Waals surface area contributed by atoms with Gasteiger partial charge in [-0.05, 0) is 18.6 Å². The van der Waals surface area contributed by atoms with E-state index in [2.05, 4.69) is 10.2 Å². The molecule has 60 valence electrons. The van der Waals surface area contributed by atoms with Crippen molar-refractivity contribution in [3.63, 3.8) is 0 Å². The second-order valence-corrected chi connectivity index (χ2v) is 4.83. The van der Waals surface area contributed by atoms with Gasteiger partial charge in [0.2, 0.25) is 5.13 Å². The molecule has 0 radical (unpaired) electrons. The third-order valence-electron chi connectivity index (χ3n) is 1.66. The fourth-order valence-electron chi connectivity index (χ4n) is 1.15. The Hall–Kier alpha value is -0.290. The zero-order valence-electron chi connectivity index (χ0n) is 5.99. The van der Waals surface area contributed by atoms with Gasteiger partial charge in [0, 0.05) is 0 Å². The largest absolute Gasteiger partial charge is 0.374 e. The van der Waals surface area contributed by atoms with E-state index < -0.39 is 0 Å². The van der Waals surface area contributed by atoms with Crippen molar-refractivity contribution in [3.8, 4) is 0 Å². The minimum absolute atomic E-state index is 0.574. The Kier molecular flexibility index (Phi) is 2.00. The van der Waals surface area contributed by atoms with E-state index in [0.717, 1.165) is 5.01 Å². The fourth-order valence-corrected chi connectivity index (χ4v) is 3.27. The summed E-state index contributed by atoms with van der Waals surface area (Å²) in [6.07, 6.45) is 2.54. The van der Waals surface area contributed by atoms with Crippen LogP contribution in [0.15, 0.2) is 0 Å². The molecule has 1 aliphatic heterocycles. The second kappa shape index (κ2) is 2.98. The predicted molar refractivity (Wildman–Crippen MR) is 48.8 cm³/mol. The first-order chi connectivity index (χ1) is 5.36. The maximum atomic E-state index is 5.48. The molecule has 1 atom stereocenters. The van der Waals surface area contributed by atoms with Gasteiger partial charge in [0.25, 0.3) is 0 Å². The summed E-state index contributed by atoms with van der Waals surface area (Å²) in [5, 5.41) is 10.1. The van der Waals surface area contributed by atoms with E-state index in [1.165, 1.54) is 29.9 Å². The Balaban J connectivity index is 2.15. The van der Waals surface area contributed by atoms with Gasteiger partial charge in [0.15, 0.2) is 0 Å². The van der Waals surface area contributed by atoms with Crippen LogP contribution in [0.3, 0.4) is 0 Å². The van der Waals surface area contributed by atoms with Gasteiger partial charge in [-0.1, -0.05) is 11.3 Å². The zero-order valence-corrected chi connectivity index (χ0v) is 7.62. The Labute approximate surface area is 73.4 Å². The highest BCUT2D eigenvalue weighted by atomic mass is 32.2. The highest BCUT2D eigenvalue weighted by Gasteiger charge is 2.20. The van der Waals surface area contributed by atoms with E-state index in [-0.39, 0.29) is 0 Å². The monoisotopic (exact) mass is 187 g/mol. The fraction of sp³-hybridized carbons (Fsp3) is 0.667. The number of nitrogens with zero attached hydrogens (tertiary/aromatic N) is 2. The van der Waals surface area contributed by atoms with Crippen LogP contribution in [-0.2, 0) is 0 Å². The molecular weight excluding hydrogens is 178 g/mol. The number of aromatic nitrogens is 2. The van der Waals surface area contributed by atoms with Crippen molar-refractivity contribution in [2.24, 2.45) is 0 Å². The molecule has 2 heterocycles. The smallest absolute Gasteiger partial charge is 0.203 e. The van der Waals surface area contributed by atoms with Crippen molar-refractivity contribution < 1.29 is 0 Å². The molecule has 11 heavy (non-hydrogen) atoms. The number of nitrogen functional groups attached to an aromatic ring is 1. The number of nitrogens with two attached hydrogens (primary N) is 1. The molecule has 1 saturated heterocycles. The standard InChI is InChI=1S/C6H9N3S2/c7-6-9-8-5(11-6)4-2-1-3-10-4/h4H,1-3H2,(H2,7,9). The van der Waals surface area contributed by atoms with Crippen LogP contribution in [0, 0.1) is 0 Å². The van der Waals surface area contributed by atoms with Crippen molar-refractivity contribution in [2.75, 3.05) is 11.5 Å². The summed E-state index contributed by atoms with van der Waals surface area (Å²) in [7, 11) is 0. The molecule has 1 aromatic rings. The van der Waals surface area contributed by atoms with Crippen LogP contribution in [-0.4, -0.2) is 16.0 Å². The third-order valence-corrected chi connectivity index (χ3v) is 4.06. The lowest BCUT2D eigenvalue weighted by Crippen LogP contribution is -1.86. The van der Waals surface area contributed by atoms with E-state index in [4.69, 9.17) is 5.73 Å². The van der Waals surface area contributed by atoms with Gasteiger partial charge in [-0.25, -0.2) is 0 Å². The summed E-state index contributed by atoms with van der Waals surface area (Å²) in [5.41, 5.74) is 5.48. The normalized spacial score (nSPS) is 24.2. The summed E-state index contributed by atoms with van der Waals surface area (Å²) in [6.45, 7) is 0. The van der Waals surface area contributed by atoms with Gasteiger partial charge < -0.3 is 5.73 Å². The van der Waals surface area contributed by atoms with Crippen LogP contribution >= 0.6 is 23.1 Å². The van der Waals surface area contributed by atoms with Crippen LogP contribution < -0.4 is 5.73 Å². The van der Waals surface area contributed by atoms with Crippen molar-refractivity contribution in [1.29, 1.82) is 0 Å². The molecule has 2 N–H and O–H groups in total. The third kappa shape index (κ3) is 1.49. The number of rotatable bonds is 1. The van der Waals surface area contributed by atoms with Gasteiger partial charge in [-0.15, -0.1) is 10.2 Å². The quantitative estimate of drug-likeness (QED) is 0.727. The number of hydrogen-bond donors (Lipinski definition) is 1. The molecule has 0 amide bonds. The van der Waals surface area contributed by atoms with E-state index in [1.54, 1.807) is 0 Å². The van der Waals surface area contributed by atoms with Gasteiger partial charge in [-0.2, -0.15) is 11.8 Å². The maximum absolute atomic E-state index is 5.48. The van der Waals surface area contributed by atoms with Crippen LogP contribution in [0.4, 0.5) is 5.13 Å². The molecule has 1 fully saturated rings. The number of anilines is 1. The minimum atomic E-state index is 0.574. The average molecular weight is 187 g/mol. The van der Waals surface area contributed by atoms with E-state index in [0.29, 0.717) is 10.4 Å². The van der Waals surface area contributed by atoms with Crippen molar-refractivity contribution in [1.82, 2.24) is 10.2 Å². The zero-order chi connectivity index (χ0) is 7.68.